The minimum Gasteiger partial charge on any atom is -0.286 e. The summed E-state index contributed by atoms with van der Waals surface area (Å²) in [5.74, 6) is 0.125. The molecule has 0 aromatic carbocycles. The Morgan fingerprint density at radius 3 is 3.17 bits per heavy atom. The first-order valence-electron chi connectivity index (χ1n) is 6.47. The summed E-state index contributed by atoms with van der Waals surface area (Å²) in [6, 6.07) is 3.90. The Bertz CT molecular complexity index is 561. The van der Waals surface area contributed by atoms with Gasteiger partial charge in [-0.25, -0.2) is 0 Å². The minimum absolute atomic E-state index is 0.125. The van der Waals surface area contributed by atoms with E-state index in [9.17, 15) is 4.79 Å². The lowest BCUT2D eigenvalue weighted by atomic mass is 10.2. The van der Waals surface area contributed by atoms with E-state index in [2.05, 4.69) is 18.1 Å². The maximum atomic E-state index is 12.5. The van der Waals surface area contributed by atoms with Crippen molar-refractivity contribution in [1.82, 2.24) is 9.78 Å². The molecule has 94 valence electrons. The Balaban J connectivity index is 1.91. The largest absolute Gasteiger partial charge is 0.286 e. The van der Waals surface area contributed by atoms with E-state index in [1.807, 2.05) is 10.7 Å². The molecule has 0 saturated heterocycles. The van der Waals surface area contributed by atoms with Crippen molar-refractivity contribution >= 4 is 17.1 Å². The molecule has 18 heavy (non-hydrogen) atoms. The lowest BCUT2D eigenvalue weighted by Gasteiger charge is -2.03. The number of carbonyl (C=O) groups is 1. The molecular formula is C14H16N2OS. The first kappa shape index (κ1) is 11.7. The number of hydrogen-bond donors (Lipinski definition) is 0. The highest BCUT2D eigenvalue weighted by molar-refractivity contribution is 7.14. The van der Waals surface area contributed by atoms with Gasteiger partial charge in [-0.3, -0.25) is 9.48 Å². The molecule has 2 heterocycles. The number of carbonyl (C=O) groups excluding carboxylic acids is 1. The number of fused-ring (bicyclic) bond motifs is 1. The van der Waals surface area contributed by atoms with Gasteiger partial charge in [0.1, 0.15) is 5.69 Å². The van der Waals surface area contributed by atoms with E-state index in [1.54, 1.807) is 17.5 Å². The van der Waals surface area contributed by atoms with Crippen LogP contribution in [-0.4, -0.2) is 15.6 Å². The third-order valence-electron chi connectivity index (χ3n) is 3.35. The second kappa shape index (κ2) is 4.69. The van der Waals surface area contributed by atoms with Crippen molar-refractivity contribution in [2.24, 2.45) is 0 Å². The predicted octanol–water partition coefficient (Wildman–Crippen LogP) is 3.07. The molecule has 0 fully saturated rings. The molecule has 4 heteroatoms. The summed E-state index contributed by atoms with van der Waals surface area (Å²) in [6.45, 7) is 2.90. The second-order valence-electron chi connectivity index (χ2n) is 4.68. The smallest absolute Gasteiger partial charge is 0.220 e. The average molecular weight is 260 g/mol. The number of nitrogens with zero attached hydrogens (tertiary/aromatic N) is 2. The van der Waals surface area contributed by atoms with E-state index in [1.165, 1.54) is 16.9 Å². The Kier molecular flexibility index (Phi) is 3.04. The van der Waals surface area contributed by atoms with Crippen molar-refractivity contribution < 1.29 is 4.79 Å². The average Bonchev–Trinajstić information content (AvgIpc) is 3.02. The number of rotatable bonds is 4. The maximum absolute atomic E-state index is 12.5. The number of ketones is 1. The molecule has 1 aliphatic rings. The maximum Gasteiger partial charge on any atom is 0.220 e. The van der Waals surface area contributed by atoms with Gasteiger partial charge in [0.2, 0.25) is 5.78 Å². The van der Waals surface area contributed by atoms with Crippen LogP contribution in [0, 0.1) is 0 Å². The van der Waals surface area contributed by atoms with Crippen molar-refractivity contribution in [3.05, 3.63) is 39.3 Å². The normalized spacial score (nSPS) is 13.8. The van der Waals surface area contributed by atoms with E-state index in [0.29, 0.717) is 0 Å². The third kappa shape index (κ3) is 1.90. The number of aromatic nitrogens is 2. The topological polar surface area (TPSA) is 34.9 Å². The van der Waals surface area contributed by atoms with E-state index < -0.39 is 0 Å². The minimum atomic E-state index is 0.125. The summed E-state index contributed by atoms with van der Waals surface area (Å²) in [4.78, 5) is 14.7. The summed E-state index contributed by atoms with van der Waals surface area (Å²) in [6.07, 6.45) is 6.21. The number of hydrogen-bond acceptors (Lipinski definition) is 3. The van der Waals surface area contributed by atoms with Crippen LogP contribution >= 0.6 is 11.3 Å². The van der Waals surface area contributed by atoms with Crippen LogP contribution in [0.3, 0.4) is 0 Å². The summed E-state index contributed by atoms with van der Waals surface area (Å²) in [5.41, 5.74) is 2.10. The molecule has 0 amide bonds. The van der Waals surface area contributed by atoms with Gasteiger partial charge < -0.3 is 0 Å². The lowest BCUT2D eigenvalue weighted by Crippen LogP contribution is -2.10. The summed E-state index contributed by atoms with van der Waals surface area (Å²) < 4.78 is 1.81. The van der Waals surface area contributed by atoms with Crippen molar-refractivity contribution in [3.63, 3.8) is 0 Å². The van der Waals surface area contributed by atoms with Crippen molar-refractivity contribution in [2.45, 2.75) is 39.2 Å². The van der Waals surface area contributed by atoms with Gasteiger partial charge in [0.15, 0.2) is 0 Å². The van der Waals surface area contributed by atoms with Gasteiger partial charge >= 0.3 is 0 Å². The first-order valence-corrected chi connectivity index (χ1v) is 7.29. The standard InChI is InChI=1S/C14H16N2OS/c1-2-8-16-11(6-7-15-16)14(17)13-9-10-4-3-5-12(10)18-13/h6-7,9H,2-5,8H2,1H3. The van der Waals surface area contributed by atoms with E-state index in [-0.39, 0.29) is 5.78 Å². The Hall–Kier alpha value is -1.42. The zero-order valence-corrected chi connectivity index (χ0v) is 11.3. The SMILES string of the molecule is CCCn1nccc1C(=O)c1cc2c(s1)CCC2. The summed E-state index contributed by atoms with van der Waals surface area (Å²) in [5, 5.41) is 4.22. The molecule has 0 bridgehead atoms. The van der Waals surface area contributed by atoms with Crippen molar-refractivity contribution in [2.75, 3.05) is 0 Å². The van der Waals surface area contributed by atoms with Crippen LogP contribution < -0.4 is 0 Å². The van der Waals surface area contributed by atoms with Crippen molar-refractivity contribution in [3.8, 4) is 0 Å². The van der Waals surface area contributed by atoms with Crippen LogP contribution in [0.15, 0.2) is 18.3 Å². The van der Waals surface area contributed by atoms with Crippen LogP contribution in [0.25, 0.3) is 0 Å². The predicted molar refractivity (Wildman–Crippen MR) is 72.3 cm³/mol. The summed E-state index contributed by atoms with van der Waals surface area (Å²) in [7, 11) is 0. The molecule has 2 aromatic rings. The van der Waals surface area contributed by atoms with Gasteiger partial charge in [0, 0.05) is 17.6 Å². The van der Waals surface area contributed by atoms with Gasteiger partial charge in [0.25, 0.3) is 0 Å². The molecule has 1 aliphatic carbocycles. The Labute approximate surface area is 110 Å². The summed E-state index contributed by atoms with van der Waals surface area (Å²) >= 11 is 1.66. The van der Waals surface area contributed by atoms with Gasteiger partial charge in [-0.05, 0) is 43.4 Å². The fourth-order valence-corrected chi connectivity index (χ4v) is 3.69. The highest BCUT2D eigenvalue weighted by atomic mass is 32.1. The molecule has 0 unspecified atom stereocenters. The monoisotopic (exact) mass is 260 g/mol. The zero-order valence-electron chi connectivity index (χ0n) is 10.5. The molecule has 0 radical (unpaired) electrons. The van der Waals surface area contributed by atoms with Crippen LogP contribution in [0.1, 0.15) is 45.6 Å². The van der Waals surface area contributed by atoms with Gasteiger partial charge in [-0.1, -0.05) is 6.92 Å². The Morgan fingerprint density at radius 2 is 2.39 bits per heavy atom. The first-order chi connectivity index (χ1) is 8.79. The number of thiophene rings is 1. The molecular weight excluding hydrogens is 244 g/mol. The second-order valence-corrected chi connectivity index (χ2v) is 5.82. The van der Waals surface area contributed by atoms with Crippen LogP contribution in [0.2, 0.25) is 0 Å². The molecule has 0 atom stereocenters. The fourth-order valence-electron chi connectivity index (χ4n) is 2.48. The third-order valence-corrected chi connectivity index (χ3v) is 4.59. The van der Waals surface area contributed by atoms with Gasteiger partial charge in [-0.2, -0.15) is 5.10 Å². The van der Waals surface area contributed by atoms with Crippen LogP contribution in [0.5, 0.6) is 0 Å². The molecule has 0 aliphatic heterocycles. The van der Waals surface area contributed by atoms with E-state index >= 15 is 0 Å². The lowest BCUT2D eigenvalue weighted by molar-refractivity contribution is 0.103. The Morgan fingerprint density at radius 1 is 1.50 bits per heavy atom. The molecule has 3 rings (SSSR count). The van der Waals surface area contributed by atoms with Gasteiger partial charge in [0.05, 0.1) is 4.88 Å². The zero-order chi connectivity index (χ0) is 12.5. The van der Waals surface area contributed by atoms with Crippen molar-refractivity contribution in [1.29, 1.82) is 0 Å². The number of aryl methyl sites for hydroxylation is 3. The molecule has 2 aromatic heterocycles. The molecule has 0 spiro atoms. The quantitative estimate of drug-likeness (QED) is 0.792. The molecule has 0 saturated carbocycles. The van der Waals surface area contributed by atoms with E-state index in [4.69, 9.17) is 0 Å². The molecule has 0 N–H and O–H groups in total. The highest BCUT2D eigenvalue weighted by Gasteiger charge is 2.21. The van der Waals surface area contributed by atoms with Crippen LogP contribution in [-0.2, 0) is 19.4 Å². The van der Waals surface area contributed by atoms with Gasteiger partial charge in [-0.15, -0.1) is 11.3 Å². The molecule has 3 nitrogen and oxygen atoms in total. The highest BCUT2D eigenvalue weighted by Crippen LogP contribution is 2.31. The van der Waals surface area contributed by atoms with E-state index in [0.717, 1.165) is 36.4 Å². The fraction of sp³-hybridized carbons (Fsp3) is 0.429. The van der Waals surface area contributed by atoms with Crippen LogP contribution in [0.4, 0.5) is 0 Å².